The first-order valence-corrected chi connectivity index (χ1v) is 48.1. The van der Waals surface area contributed by atoms with Crippen molar-refractivity contribution in [3.8, 4) is 0 Å². The maximum absolute atomic E-state index is 13.2. The summed E-state index contributed by atoms with van der Waals surface area (Å²) in [6.45, 7) is 7.41. The molecule has 0 aliphatic carbocycles. The maximum Gasteiger partial charge on any atom is 0.472 e. The molecule has 0 aromatic carbocycles. The molecular weight excluding hydrogens is 1380 g/mol. The zero-order chi connectivity index (χ0) is 77.6. The lowest BCUT2D eigenvalue weighted by Gasteiger charge is -2.21. The number of carbonyl (C=O) groups is 4. The van der Waals surface area contributed by atoms with Crippen molar-refractivity contribution in [2.45, 2.75) is 490 Å². The molecule has 0 aliphatic heterocycles. The van der Waals surface area contributed by atoms with Crippen LogP contribution in [0.4, 0.5) is 0 Å². The summed E-state index contributed by atoms with van der Waals surface area (Å²) in [7, 11) is -9.93. The lowest BCUT2D eigenvalue weighted by atomic mass is 10.0. The number of hydrogen-bond donors (Lipinski definition) is 3. The molecule has 0 spiro atoms. The molecule has 0 saturated heterocycles. The number of unbranched alkanes of at least 4 members (excludes halogenated alkanes) is 59. The van der Waals surface area contributed by atoms with E-state index in [0.717, 1.165) is 95.8 Å². The van der Waals surface area contributed by atoms with Crippen molar-refractivity contribution in [3.63, 3.8) is 0 Å². The molecule has 0 fully saturated rings. The summed E-state index contributed by atoms with van der Waals surface area (Å²) in [4.78, 5) is 73.3. The standard InChI is InChI=1S/C87H170O17P2/c1-6-9-12-15-18-21-24-27-28-29-30-34-37-42-46-51-56-61-66-71-85(90)98-77-83(104-87(92)73-68-63-58-53-48-43-38-35-32-31-33-36-41-44-49-54-59-64-69-80(4)5)79-102-106(95,96)100-75-81(88)74-99-105(93,94)101-78-82(103-86(91)72-67-62-57-52-47-40-26-23-20-17-14-11-8-3)76-97-84(89)70-65-60-55-50-45-39-25-22-19-16-13-10-7-2/h80-83,88H,6-79H2,1-5H3,(H,93,94)(H,95,96)/t81-,82+,83+/m0/s1. The molecule has 3 N–H and O–H groups in total. The molecule has 19 heteroatoms. The molecule has 0 rings (SSSR count). The highest BCUT2D eigenvalue weighted by Crippen LogP contribution is 2.45. The van der Waals surface area contributed by atoms with Crippen LogP contribution in [-0.2, 0) is 65.4 Å². The first kappa shape index (κ1) is 104. The van der Waals surface area contributed by atoms with E-state index in [4.69, 9.17) is 37.0 Å². The lowest BCUT2D eigenvalue weighted by Crippen LogP contribution is -2.30. The van der Waals surface area contributed by atoms with Gasteiger partial charge in [-0.25, -0.2) is 9.13 Å². The smallest absolute Gasteiger partial charge is 0.462 e. The van der Waals surface area contributed by atoms with E-state index in [1.807, 2.05) is 0 Å². The number of ether oxygens (including phenoxy) is 4. The van der Waals surface area contributed by atoms with Crippen LogP contribution in [0.3, 0.4) is 0 Å². The molecule has 0 aromatic rings. The minimum Gasteiger partial charge on any atom is -0.462 e. The van der Waals surface area contributed by atoms with Crippen LogP contribution in [0.25, 0.3) is 0 Å². The summed E-state index contributed by atoms with van der Waals surface area (Å²) in [6, 6.07) is 0. The average molecular weight is 1550 g/mol. The van der Waals surface area contributed by atoms with Crippen LogP contribution in [0.5, 0.6) is 0 Å². The van der Waals surface area contributed by atoms with E-state index in [-0.39, 0.29) is 25.7 Å². The van der Waals surface area contributed by atoms with Gasteiger partial charge in [0.25, 0.3) is 0 Å². The zero-order valence-electron chi connectivity index (χ0n) is 69.6. The molecule has 0 radical (unpaired) electrons. The van der Waals surface area contributed by atoms with Crippen molar-refractivity contribution in [2.75, 3.05) is 39.6 Å². The lowest BCUT2D eigenvalue weighted by molar-refractivity contribution is -0.161. The first-order valence-electron chi connectivity index (χ1n) is 45.1. The summed E-state index contributed by atoms with van der Waals surface area (Å²) >= 11 is 0. The number of hydrogen-bond acceptors (Lipinski definition) is 15. The fourth-order valence-electron chi connectivity index (χ4n) is 13.6. The Balaban J connectivity index is 5.24. The van der Waals surface area contributed by atoms with Gasteiger partial charge in [0.05, 0.1) is 26.4 Å². The molecule has 5 atom stereocenters. The van der Waals surface area contributed by atoms with Crippen LogP contribution in [0.1, 0.15) is 471 Å². The SMILES string of the molecule is CCCCCCCCCCCCCCCCCCCCCC(=O)OC[C@H](COP(=O)(O)OC[C@@H](O)COP(=O)(O)OC[C@@H](COC(=O)CCCCCCCCCCCCCCC)OC(=O)CCCCCCCCCCCCCCC)OC(=O)CCCCCCCCCCCCCCCCCCCCC(C)C. The van der Waals surface area contributed by atoms with Crippen LogP contribution in [0.15, 0.2) is 0 Å². The Morgan fingerprint density at radius 1 is 0.255 bits per heavy atom. The molecule has 0 bridgehead atoms. The van der Waals surface area contributed by atoms with Gasteiger partial charge < -0.3 is 33.8 Å². The summed E-state index contributed by atoms with van der Waals surface area (Å²) in [5.74, 6) is -1.28. The molecule has 0 heterocycles. The Morgan fingerprint density at radius 3 is 0.642 bits per heavy atom. The van der Waals surface area contributed by atoms with Crippen LogP contribution >= 0.6 is 15.6 Å². The highest BCUT2D eigenvalue weighted by Gasteiger charge is 2.30. The Bertz CT molecular complexity index is 2010. The van der Waals surface area contributed by atoms with Gasteiger partial charge in [-0.05, 0) is 31.6 Å². The van der Waals surface area contributed by atoms with Crippen molar-refractivity contribution in [1.82, 2.24) is 0 Å². The van der Waals surface area contributed by atoms with Gasteiger partial charge in [-0.15, -0.1) is 0 Å². The van der Waals surface area contributed by atoms with Crippen LogP contribution < -0.4 is 0 Å². The minimum atomic E-state index is -4.97. The monoisotopic (exact) mass is 1550 g/mol. The third kappa shape index (κ3) is 80.1. The third-order valence-electron chi connectivity index (χ3n) is 20.5. The normalized spacial score (nSPS) is 13.7. The van der Waals surface area contributed by atoms with E-state index >= 15 is 0 Å². The van der Waals surface area contributed by atoms with Gasteiger partial charge in [-0.1, -0.05) is 420 Å². The third-order valence-corrected chi connectivity index (χ3v) is 22.4. The average Bonchev–Trinajstić information content (AvgIpc) is 0.901. The van der Waals surface area contributed by atoms with Crippen molar-refractivity contribution in [2.24, 2.45) is 5.92 Å². The fraction of sp³-hybridized carbons (Fsp3) is 0.954. The Kier molecular flexibility index (Phi) is 78.2. The van der Waals surface area contributed by atoms with Gasteiger partial charge in [0.2, 0.25) is 0 Å². The number of phosphoric ester groups is 2. The van der Waals surface area contributed by atoms with E-state index in [0.29, 0.717) is 25.7 Å². The number of aliphatic hydroxyl groups excluding tert-OH is 1. The number of rotatable bonds is 87. The van der Waals surface area contributed by atoms with Gasteiger partial charge in [0.1, 0.15) is 19.3 Å². The molecule has 0 aromatic heterocycles. The number of esters is 4. The maximum atomic E-state index is 13.2. The van der Waals surface area contributed by atoms with Crippen LogP contribution in [0.2, 0.25) is 0 Å². The Morgan fingerprint density at radius 2 is 0.434 bits per heavy atom. The van der Waals surface area contributed by atoms with Gasteiger partial charge in [-0.3, -0.25) is 37.3 Å². The minimum absolute atomic E-state index is 0.109. The van der Waals surface area contributed by atoms with E-state index in [1.54, 1.807) is 0 Å². The molecule has 0 aliphatic rings. The van der Waals surface area contributed by atoms with Crippen LogP contribution in [0, 0.1) is 5.92 Å². The summed E-state index contributed by atoms with van der Waals surface area (Å²) in [5.41, 5.74) is 0. The number of aliphatic hydroxyl groups is 1. The topological polar surface area (TPSA) is 237 Å². The first-order chi connectivity index (χ1) is 51.5. The van der Waals surface area contributed by atoms with Crippen molar-refractivity contribution in [3.05, 3.63) is 0 Å². The van der Waals surface area contributed by atoms with E-state index in [9.17, 15) is 43.2 Å². The van der Waals surface area contributed by atoms with Crippen molar-refractivity contribution < 1.29 is 80.2 Å². The molecule has 2 unspecified atom stereocenters. The highest BCUT2D eigenvalue weighted by molar-refractivity contribution is 7.47. The van der Waals surface area contributed by atoms with Crippen molar-refractivity contribution >= 4 is 39.5 Å². The highest BCUT2D eigenvalue weighted by atomic mass is 31.2. The largest absolute Gasteiger partial charge is 0.472 e. The van der Waals surface area contributed by atoms with Crippen molar-refractivity contribution in [1.29, 1.82) is 0 Å². The predicted octanol–water partition coefficient (Wildman–Crippen LogP) is 26.8. The number of carbonyl (C=O) groups excluding carboxylic acids is 4. The van der Waals surface area contributed by atoms with Crippen LogP contribution in [-0.4, -0.2) is 96.7 Å². The Hall–Kier alpha value is -1.94. The summed E-state index contributed by atoms with van der Waals surface area (Å²) in [5, 5.41) is 10.7. The fourth-order valence-corrected chi connectivity index (χ4v) is 15.2. The predicted molar refractivity (Wildman–Crippen MR) is 437 cm³/mol. The molecule has 0 amide bonds. The van der Waals surface area contributed by atoms with Gasteiger partial charge in [0.15, 0.2) is 12.2 Å². The second-order valence-corrected chi connectivity index (χ2v) is 34.7. The molecule has 630 valence electrons. The molecule has 17 nitrogen and oxygen atoms in total. The van der Waals surface area contributed by atoms with E-state index in [2.05, 4.69) is 34.6 Å². The van der Waals surface area contributed by atoms with Gasteiger partial charge in [-0.2, -0.15) is 0 Å². The van der Waals surface area contributed by atoms with E-state index < -0.39 is 97.5 Å². The van der Waals surface area contributed by atoms with Gasteiger partial charge >= 0.3 is 39.5 Å². The quantitative estimate of drug-likeness (QED) is 0.0222. The zero-order valence-corrected chi connectivity index (χ0v) is 71.4. The summed E-state index contributed by atoms with van der Waals surface area (Å²) in [6.07, 6.45) is 73.5. The molecule has 0 saturated carbocycles. The van der Waals surface area contributed by atoms with E-state index in [1.165, 1.54) is 295 Å². The Labute approximate surface area is 651 Å². The number of phosphoric acid groups is 2. The molecule has 106 heavy (non-hydrogen) atoms. The second-order valence-electron chi connectivity index (χ2n) is 31.8. The molecular formula is C87H170O17P2. The van der Waals surface area contributed by atoms with Gasteiger partial charge in [0, 0.05) is 25.7 Å². The second kappa shape index (κ2) is 79.7. The summed E-state index contributed by atoms with van der Waals surface area (Å²) < 4.78 is 68.9.